The zero-order chi connectivity index (χ0) is 19.3. The number of esters is 1. The van der Waals surface area contributed by atoms with Gasteiger partial charge in [0.1, 0.15) is 0 Å². The van der Waals surface area contributed by atoms with Crippen LogP contribution >= 0.6 is 0 Å². The Morgan fingerprint density at radius 1 is 1.14 bits per heavy atom. The number of carbonyl (C=O) groups excluding carboxylic acids is 1. The number of fused-ring (bicyclic) bond motifs is 1. The summed E-state index contributed by atoms with van der Waals surface area (Å²) in [6.07, 6.45) is 3.88. The van der Waals surface area contributed by atoms with Crippen LogP contribution in [0, 0.1) is 6.92 Å². The molecule has 0 unspecified atom stereocenters. The average molecular weight is 375 g/mol. The van der Waals surface area contributed by atoms with Crippen molar-refractivity contribution in [3.05, 3.63) is 71.7 Å². The first-order chi connectivity index (χ1) is 13.7. The smallest absolute Gasteiger partial charge is 0.306 e. The molecule has 0 amide bonds. The number of ether oxygens (including phenoxy) is 1. The summed E-state index contributed by atoms with van der Waals surface area (Å²) in [4.78, 5) is 19.5. The molecule has 6 heteroatoms. The molecule has 0 atom stereocenters. The SMILES string of the molecule is Cc1ccc(-c2noc(COC(=O)CCCc3c[nH]c4ccccc34)n2)cc1. The maximum atomic E-state index is 12.0. The number of carbonyl (C=O) groups is 1. The molecule has 0 aliphatic rings. The van der Waals surface area contributed by atoms with Gasteiger partial charge in [0.15, 0.2) is 6.61 Å². The summed E-state index contributed by atoms with van der Waals surface area (Å²) in [5, 5.41) is 5.14. The summed E-state index contributed by atoms with van der Waals surface area (Å²) in [5.74, 6) is 0.515. The number of hydrogen-bond acceptors (Lipinski definition) is 5. The van der Waals surface area contributed by atoms with E-state index < -0.39 is 0 Å². The van der Waals surface area contributed by atoms with Crippen LogP contribution in [-0.2, 0) is 22.6 Å². The summed E-state index contributed by atoms with van der Waals surface area (Å²) in [7, 11) is 0. The lowest BCUT2D eigenvalue weighted by Gasteiger charge is -2.02. The average Bonchev–Trinajstić information content (AvgIpc) is 3.35. The molecule has 142 valence electrons. The molecule has 0 bridgehead atoms. The Hall–Kier alpha value is -3.41. The van der Waals surface area contributed by atoms with E-state index in [-0.39, 0.29) is 12.6 Å². The summed E-state index contributed by atoms with van der Waals surface area (Å²) in [5.41, 5.74) is 4.35. The van der Waals surface area contributed by atoms with Gasteiger partial charge in [-0.25, -0.2) is 0 Å². The van der Waals surface area contributed by atoms with Crippen molar-refractivity contribution in [2.75, 3.05) is 0 Å². The molecule has 0 radical (unpaired) electrons. The van der Waals surface area contributed by atoms with E-state index in [2.05, 4.69) is 21.2 Å². The van der Waals surface area contributed by atoms with Crippen molar-refractivity contribution in [1.82, 2.24) is 15.1 Å². The molecule has 0 aliphatic heterocycles. The van der Waals surface area contributed by atoms with Gasteiger partial charge in [-0.15, -0.1) is 0 Å². The van der Waals surface area contributed by atoms with Crippen molar-refractivity contribution >= 4 is 16.9 Å². The van der Waals surface area contributed by atoms with Gasteiger partial charge in [-0.2, -0.15) is 4.98 Å². The van der Waals surface area contributed by atoms with Gasteiger partial charge in [-0.05, 0) is 31.4 Å². The highest BCUT2D eigenvalue weighted by Gasteiger charge is 2.11. The molecule has 0 spiro atoms. The molecule has 2 aromatic heterocycles. The normalized spacial score (nSPS) is 11.0. The summed E-state index contributed by atoms with van der Waals surface area (Å²) in [6.45, 7) is 2.01. The molecule has 28 heavy (non-hydrogen) atoms. The Kier molecular flexibility index (Phi) is 5.19. The number of aromatic amines is 1. The summed E-state index contributed by atoms with van der Waals surface area (Å²) >= 11 is 0. The molecule has 0 saturated heterocycles. The van der Waals surface area contributed by atoms with Crippen molar-refractivity contribution in [1.29, 1.82) is 0 Å². The predicted octanol–water partition coefficient (Wildman–Crippen LogP) is 4.59. The fourth-order valence-corrected chi connectivity index (χ4v) is 3.11. The van der Waals surface area contributed by atoms with E-state index in [0.29, 0.717) is 18.1 Å². The van der Waals surface area contributed by atoms with E-state index in [0.717, 1.165) is 29.5 Å². The maximum absolute atomic E-state index is 12.0. The molecule has 6 nitrogen and oxygen atoms in total. The van der Waals surface area contributed by atoms with Crippen molar-refractivity contribution in [3.8, 4) is 11.4 Å². The lowest BCUT2D eigenvalue weighted by atomic mass is 10.1. The zero-order valence-corrected chi connectivity index (χ0v) is 15.6. The van der Waals surface area contributed by atoms with Crippen LogP contribution < -0.4 is 0 Å². The minimum Gasteiger partial charge on any atom is -0.456 e. The van der Waals surface area contributed by atoms with Gasteiger partial charge in [0.2, 0.25) is 5.82 Å². The Labute approximate surface area is 162 Å². The van der Waals surface area contributed by atoms with Crippen LogP contribution in [0.5, 0.6) is 0 Å². The van der Waals surface area contributed by atoms with Crippen molar-refractivity contribution in [2.45, 2.75) is 32.8 Å². The largest absolute Gasteiger partial charge is 0.456 e. The van der Waals surface area contributed by atoms with Crippen LogP contribution in [0.4, 0.5) is 0 Å². The summed E-state index contributed by atoms with van der Waals surface area (Å²) in [6, 6.07) is 16.0. The number of aryl methyl sites for hydroxylation is 2. The summed E-state index contributed by atoms with van der Waals surface area (Å²) < 4.78 is 10.4. The van der Waals surface area contributed by atoms with E-state index in [9.17, 15) is 4.79 Å². The van der Waals surface area contributed by atoms with Crippen molar-refractivity contribution in [2.24, 2.45) is 0 Å². The molecule has 0 saturated carbocycles. The van der Waals surface area contributed by atoms with E-state index in [1.807, 2.05) is 55.6 Å². The molecule has 1 N–H and O–H groups in total. The minimum absolute atomic E-state index is 0.00915. The number of rotatable bonds is 7. The second kappa shape index (κ2) is 8.08. The van der Waals surface area contributed by atoms with Crippen molar-refractivity contribution in [3.63, 3.8) is 0 Å². The van der Waals surface area contributed by atoms with E-state index in [4.69, 9.17) is 9.26 Å². The molecule has 4 aromatic rings. The minimum atomic E-state index is -0.269. The number of hydrogen-bond donors (Lipinski definition) is 1. The van der Waals surface area contributed by atoms with Gasteiger partial charge >= 0.3 is 5.97 Å². The van der Waals surface area contributed by atoms with Crippen LogP contribution in [0.15, 0.2) is 59.3 Å². The fraction of sp³-hybridized carbons (Fsp3) is 0.227. The number of nitrogens with zero attached hydrogens (tertiary/aromatic N) is 2. The number of para-hydroxylation sites is 1. The molecule has 4 rings (SSSR count). The third kappa shape index (κ3) is 4.11. The first-order valence-electron chi connectivity index (χ1n) is 9.29. The molecule has 2 heterocycles. The van der Waals surface area contributed by atoms with Crippen LogP contribution in [0.1, 0.15) is 29.9 Å². The molecular formula is C22H21N3O3. The number of benzene rings is 2. The quantitative estimate of drug-likeness (QED) is 0.478. The van der Waals surface area contributed by atoms with Crippen LogP contribution in [0.2, 0.25) is 0 Å². The number of aromatic nitrogens is 3. The van der Waals surface area contributed by atoms with E-state index in [1.165, 1.54) is 10.9 Å². The molecular weight excluding hydrogens is 354 g/mol. The third-order valence-corrected chi connectivity index (χ3v) is 4.64. The van der Waals surface area contributed by atoms with E-state index in [1.54, 1.807) is 0 Å². The topological polar surface area (TPSA) is 81.0 Å². The van der Waals surface area contributed by atoms with Gasteiger partial charge < -0.3 is 14.2 Å². The monoisotopic (exact) mass is 375 g/mol. The van der Waals surface area contributed by atoms with Crippen molar-refractivity contribution < 1.29 is 14.1 Å². The second-order valence-corrected chi connectivity index (χ2v) is 6.75. The standard InChI is InChI=1S/C22H21N3O3/c1-15-9-11-16(12-10-15)22-24-20(28-25-22)14-27-21(26)8-4-5-17-13-23-19-7-3-2-6-18(17)19/h2-3,6-7,9-13,23H,4-5,8,14H2,1H3. The van der Waals surface area contributed by atoms with Crippen LogP contribution in [0.3, 0.4) is 0 Å². The second-order valence-electron chi connectivity index (χ2n) is 6.75. The zero-order valence-electron chi connectivity index (χ0n) is 15.6. The van der Waals surface area contributed by atoms with Gasteiger partial charge in [0.25, 0.3) is 5.89 Å². The maximum Gasteiger partial charge on any atom is 0.306 e. The van der Waals surface area contributed by atoms with Crippen LogP contribution in [0.25, 0.3) is 22.3 Å². The van der Waals surface area contributed by atoms with Gasteiger partial charge in [-0.1, -0.05) is 53.2 Å². The van der Waals surface area contributed by atoms with Crippen LogP contribution in [-0.4, -0.2) is 21.1 Å². The van der Waals surface area contributed by atoms with E-state index >= 15 is 0 Å². The lowest BCUT2D eigenvalue weighted by molar-refractivity contribution is -0.145. The Morgan fingerprint density at radius 3 is 2.82 bits per heavy atom. The molecule has 2 aromatic carbocycles. The fourth-order valence-electron chi connectivity index (χ4n) is 3.11. The highest BCUT2D eigenvalue weighted by Crippen LogP contribution is 2.20. The van der Waals surface area contributed by atoms with Gasteiger partial charge in [0.05, 0.1) is 0 Å². The molecule has 0 aliphatic carbocycles. The Morgan fingerprint density at radius 2 is 1.96 bits per heavy atom. The Balaban J connectivity index is 1.25. The Bertz CT molecular complexity index is 1080. The molecule has 0 fully saturated rings. The number of H-pyrrole nitrogens is 1. The predicted molar refractivity (Wildman–Crippen MR) is 106 cm³/mol. The third-order valence-electron chi connectivity index (χ3n) is 4.64. The first kappa shape index (κ1) is 18.0. The first-order valence-corrected chi connectivity index (χ1v) is 9.29. The highest BCUT2D eigenvalue weighted by atomic mass is 16.6. The lowest BCUT2D eigenvalue weighted by Crippen LogP contribution is -2.05. The number of nitrogens with one attached hydrogen (secondary N) is 1. The van der Waals surface area contributed by atoms with Gasteiger partial charge in [-0.3, -0.25) is 4.79 Å². The highest BCUT2D eigenvalue weighted by molar-refractivity contribution is 5.83. The van der Waals surface area contributed by atoms with Gasteiger partial charge in [0, 0.05) is 29.1 Å².